The standard InChI is InChI=1S/C17H13ClO6S/c1-8(2)11-6-10(25(18,22)23)7-13-15(19)12-5-9(17(20)21)3-4-14(12)24-16(11)13/h3-8H,1-2H3,(H,20,21). The number of benzene rings is 2. The first-order chi connectivity index (χ1) is 11.6. The van der Waals surface area contributed by atoms with Crippen molar-refractivity contribution in [3.05, 3.63) is 51.7 Å². The molecule has 0 aliphatic carbocycles. The molecule has 0 bridgehead atoms. The molecule has 2 aromatic carbocycles. The molecular weight excluding hydrogens is 368 g/mol. The third-order valence-corrected chi connectivity index (χ3v) is 5.26. The van der Waals surface area contributed by atoms with Gasteiger partial charge in [-0.05, 0) is 41.8 Å². The average molecular weight is 381 g/mol. The lowest BCUT2D eigenvalue weighted by molar-refractivity contribution is 0.0697. The molecule has 130 valence electrons. The molecule has 8 heteroatoms. The topological polar surface area (TPSA) is 102 Å². The van der Waals surface area contributed by atoms with Gasteiger partial charge >= 0.3 is 5.97 Å². The number of carboxylic acids is 1. The summed E-state index contributed by atoms with van der Waals surface area (Å²) in [6.07, 6.45) is 0. The second-order valence-electron chi connectivity index (χ2n) is 5.93. The summed E-state index contributed by atoms with van der Waals surface area (Å²) in [6, 6.07) is 6.50. The molecule has 0 aliphatic heterocycles. The van der Waals surface area contributed by atoms with Crippen molar-refractivity contribution in [1.82, 2.24) is 0 Å². The number of hydrogen-bond donors (Lipinski definition) is 1. The fourth-order valence-electron chi connectivity index (χ4n) is 2.66. The van der Waals surface area contributed by atoms with Crippen molar-refractivity contribution in [1.29, 1.82) is 0 Å². The van der Waals surface area contributed by atoms with Gasteiger partial charge in [0, 0.05) is 10.7 Å². The Morgan fingerprint density at radius 2 is 1.84 bits per heavy atom. The molecule has 1 heterocycles. The fraction of sp³-hybridized carbons (Fsp3) is 0.176. The van der Waals surface area contributed by atoms with E-state index >= 15 is 0 Å². The summed E-state index contributed by atoms with van der Waals surface area (Å²) in [5, 5.41) is 9.19. The molecule has 0 fully saturated rings. The van der Waals surface area contributed by atoms with E-state index in [0.29, 0.717) is 5.56 Å². The van der Waals surface area contributed by atoms with Crippen LogP contribution >= 0.6 is 10.7 Å². The Hall–Kier alpha value is -2.38. The lowest BCUT2D eigenvalue weighted by Crippen LogP contribution is -2.07. The van der Waals surface area contributed by atoms with Crippen LogP contribution in [0.4, 0.5) is 0 Å². The molecule has 0 saturated heterocycles. The number of aromatic carboxylic acids is 1. The van der Waals surface area contributed by atoms with Crippen molar-refractivity contribution >= 4 is 47.6 Å². The van der Waals surface area contributed by atoms with Crippen LogP contribution in [0.15, 0.2) is 44.4 Å². The third-order valence-electron chi connectivity index (χ3n) is 3.92. The first-order valence-electron chi connectivity index (χ1n) is 7.32. The Balaban J connectivity index is 2.53. The summed E-state index contributed by atoms with van der Waals surface area (Å²) in [6.45, 7) is 3.66. The first-order valence-corrected chi connectivity index (χ1v) is 9.63. The minimum absolute atomic E-state index is 0.0421. The number of halogens is 1. The number of hydrogen-bond acceptors (Lipinski definition) is 5. The quantitative estimate of drug-likeness (QED) is 0.549. The van der Waals surface area contributed by atoms with Crippen molar-refractivity contribution in [2.75, 3.05) is 0 Å². The van der Waals surface area contributed by atoms with Crippen molar-refractivity contribution in [3.8, 4) is 0 Å². The van der Waals surface area contributed by atoms with E-state index in [2.05, 4.69) is 0 Å². The first kappa shape index (κ1) is 17.4. The monoisotopic (exact) mass is 380 g/mol. The molecule has 1 N–H and O–H groups in total. The molecular formula is C17H13ClO6S. The third kappa shape index (κ3) is 3.01. The minimum Gasteiger partial charge on any atom is -0.478 e. The summed E-state index contributed by atoms with van der Waals surface area (Å²) in [5.74, 6) is -1.30. The van der Waals surface area contributed by atoms with E-state index in [9.17, 15) is 18.0 Å². The molecule has 0 spiro atoms. The summed E-state index contributed by atoms with van der Waals surface area (Å²) < 4.78 is 29.2. The maximum Gasteiger partial charge on any atom is 0.335 e. The van der Waals surface area contributed by atoms with Crippen LogP contribution in [0.25, 0.3) is 21.9 Å². The van der Waals surface area contributed by atoms with Crippen LogP contribution in [0, 0.1) is 0 Å². The fourth-order valence-corrected chi connectivity index (χ4v) is 3.45. The van der Waals surface area contributed by atoms with Gasteiger partial charge in [-0.15, -0.1) is 0 Å². The molecule has 0 saturated carbocycles. The lowest BCUT2D eigenvalue weighted by atomic mass is 9.99. The van der Waals surface area contributed by atoms with Crippen molar-refractivity contribution in [3.63, 3.8) is 0 Å². The van der Waals surface area contributed by atoms with E-state index in [0.717, 1.165) is 6.07 Å². The summed E-state index contributed by atoms with van der Waals surface area (Å²) in [5.41, 5.74) is 0.441. The second kappa shape index (κ2) is 5.86. The van der Waals surface area contributed by atoms with E-state index in [-0.39, 0.29) is 38.3 Å². The zero-order valence-electron chi connectivity index (χ0n) is 13.2. The van der Waals surface area contributed by atoms with Gasteiger partial charge in [0.05, 0.1) is 21.2 Å². The molecule has 0 radical (unpaired) electrons. The summed E-state index contributed by atoms with van der Waals surface area (Å²) in [4.78, 5) is 23.7. The maximum atomic E-state index is 12.8. The molecule has 3 rings (SSSR count). The van der Waals surface area contributed by atoms with Crippen molar-refractivity contribution in [2.45, 2.75) is 24.7 Å². The van der Waals surface area contributed by atoms with Crippen LogP contribution in [-0.2, 0) is 9.05 Å². The van der Waals surface area contributed by atoms with Gasteiger partial charge in [-0.3, -0.25) is 4.79 Å². The highest BCUT2D eigenvalue weighted by Gasteiger charge is 2.20. The van der Waals surface area contributed by atoms with Gasteiger partial charge in [-0.2, -0.15) is 0 Å². The van der Waals surface area contributed by atoms with E-state index < -0.39 is 20.4 Å². The number of carbonyl (C=O) groups is 1. The Bertz CT molecular complexity index is 1190. The molecule has 3 aromatic rings. The highest BCUT2D eigenvalue weighted by molar-refractivity contribution is 8.13. The van der Waals surface area contributed by atoms with Crippen LogP contribution in [0.3, 0.4) is 0 Å². The van der Waals surface area contributed by atoms with Crippen LogP contribution in [0.1, 0.15) is 35.7 Å². The minimum atomic E-state index is -4.04. The molecule has 0 aliphatic rings. The van der Waals surface area contributed by atoms with Gasteiger partial charge in [0.1, 0.15) is 11.2 Å². The Morgan fingerprint density at radius 3 is 2.40 bits per heavy atom. The molecule has 0 atom stereocenters. The molecule has 0 unspecified atom stereocenters. The zero-order valence-corrected chi connectivity index (χ0v) is 14.8. The van der Waals surface area contributed by atoms with Crippen LogP contribution < -0.4 is 5.43 Å². The lowest BCUT2D eigenvalue weighted by Gasteiger charge is -2.11. The number of rotatable bonds is 3. The molecule has 25 heavy (non-hydrogen) atoms. The van der Waals surface area contributed by atoms with Gasteiger partial charge in [0.25, 0.3) is 9.05 Å². The normalized spacial score (nSPS) is 12.2. The molecule has 1 aromatic heterocycles. The van der Waals surface area contributed by atoms with Gasteiger partial charge in [-0.25, -0.2) is 13.2 Å². The zero-order chi connectivity index (χ0) is 18.5. The van der Waals surface area contributed by atoms with Crippen LogP contribution in [0.5, 0.6) is 0 Å². The summed E-state index contributed by atoms with van der Waals surface area (Å²) in [7, 11) is 1.39. The molecule has 0 amide bonds. The van der Waals surface area contributed by atoms with Gasteiger partial charge in [0.15, 0.2) is 0 Å². The predicted octanol–water partition coefficient (Wildman–Crippen LogP) is 3.70. The van der Waals surface area contributed by atoms with Crippen molar-refractivity contribution in [2.24, 2.45) is 0 Å². The Labute approximate surface area is 147 Å². The van der Waals surface area contributed by atoms with Gasteiger partial charge in [0.2, 0.25) is 5.43 Å². The van der Waals surface area contributed by atoms with E-state index in [1.165, 1.54) is 24.3 Å². The molecule has 6 nitrogen and oxygen atoms in total. The van der Waals surface area contributed by atoms with Gasteiger partial charge in [-0.1, -0.05) is 13.8 Å². The number of fused-ring (bicyclic) bond motifs is 2. The van der Waals surface area contributed by atoms with Crippen LogP contribution in [-0.4, -0.2) is 19.5 Å². The van der Waals surface area contributed by atoms with E-state index in [4.69, 9.17) is 20.2 Å². The highest BCUT2D eigenvalue weighted by atomic mass is 35.7. The van der Waals surface area contributed by atoms with Crippen LogP contribution in [0.2, 0.25) is 0 Å². The van der Waals surface area contributed by atoms with Crippen molar-refractivity contribution < 1.29 is 22.7 Å². The van der Waals surface area contributed by atoms with E-state index in [1.54, 1.807) is 0 Å². The number of carboxylic acid groups (broad SMARTS) is 1. The van der Waals surface area contributed by atoms with Gasteiger partial charge < -0.3 is 9.52 Å². The Kier molecular flexibility index (Phi) is 4.09. The average Bonchev–Trinajstić information content (AvgIpc) is 2.52. The SMILES string of the molecule is CC(C)c1cc(S(=O)(=O)Cl)cc2c(=O)c3cc(C(=O)O)ccc3oc12. The second-order valence-corrected chi connectivity index (χ2v) is 8.49. The van der Waals surface area contributed by atoms with E-state index in [1.807, 2.05) is 13.8 Å². The maximum absolute atomic E-state index is 12.8. The predicted molar refractivity (Wildman–Crippen MR) is 94.1 cm³/mol. The summed E-state index contributed by atoms with van der Waals surface area (Å²) >= 11 is 0. The Morgan fingerprint density at radius 1 is 1.16 bits per heavy atom. The largest absolute Gasteiger partial charge is 0.478 e. The smallest absolute Gasteiger partial charge is 0.335 e. The highest BCUT2D eigenvalue weighted by Crippen LogP contribution is 2.31.